The zero-order chi connectivity index (χ0) is 12.3. The van der Waals surface area contributed by atoms with Gasteiger partial charge in [-0.05, 0) is 24.7 Å². The molecule has 0 spiro atoms. The predicted molar refractivity (Wildman–Crippen MR) is 69.3 cm³/mol. The fourth-order valence-corrected chi connectivity index (χ4v) is 1.82. The third-order valence-electron chi connectivity index (χ3n) is 2.39. The van der Waals surface area contributed by atoms with Crippen LogP contribution in [0.25, 0.3) is 11.3 Å². The summed E-state index contributed by atoms with van der Waals surface area (Å²) in [6.45, 7) is 3.66. The van der Waals surface area contributed by atoms with Gasteiger partial charge in [-0.2, -0.15) is 0 Å². The van der Waals surface area contributed by atoms with E-state index in [9.17, 15) is 0 Å². The molecule has 3 nitrogen and oxygen atoms in total. The van der Waals surface area contributed by atoms with E-state index in [2.05, 4.69) is 10.5 Å². The van der Waals surface area contributed by atoms with E-state index < -0.39 is 0 Å². The van der Waals surface area contributed by atoms with Crippen molar-refractivity contribution < 1.29 is 4.52 Å². The number of hydrogen-bond acceptors (Lipinski definition) is 3. The minimum Gasteiger partial charge on any atom is -0.356 e. The molecule has 0 saturated heterocycles. The van der Waals surface area contributed by atoms with Crippen LogP contribution in [0.15, 0.2) is 28.9 Å². The molecular formula is C12H12Cl2N2O. The highest BCUT2D eigenvalue weighted by Gasteiger charge is 2.11. The number of rotatable bonds is 4. The summed E-state index contributed by atoms with van der Waals surface area (Å²) in [7, 11) is 0. The number of aromatic nitrogens is 1. The third kappa shape index (κ3) is 2.80. The van der Waals surface area contributed by atoms with E-state index in [1.54, 1.807) is 18.3 Å². The molecule has 2 rings (SSSR count). The summed E-state index contributed by atoms with van der Waals surface area (Å²) < 4.78 is 5.25. The van der Waals surface area contributed by atoms with Gasteiger partial charge in [0.1, 0.15) is 0 Å². The lowest BCUT2D eigenvalue weighted by atomic mass is 10.1. The molecule has 0 bridgehead atoms. The van der Waals surface area contributed by atoms with Gasteiger partial charge in [0.25, 0.3) is 0 Å². The maximum Gasteiger partial charge on any atom is 0.171 e. The molecule has 17 heavy (non-hydrogen) atoms. The average Bonchev–Trinajstić information content (AvgIpc) is 2.78. The second-order valence-corrected chi connectivity index (χ2v) is 4.40. The van der Waals surface area contributed by atoms with Crippen LogP contribution in [0, 0.1) is 0 Å². The smallest absolute Gasteiger partial charge is 0.171 e. The van der Waals surface area contributed by atoms with Crippen LogP contribution in [0.1, 0.15) is 12.5 Å². The topological polar surface area (TPSA) is 38.1 Å². The van der Waals surface area contributed by atoms with Gasteiger partial charge >= 0.3 is 0 Å². The lowest BCUT2D eigenvalue weighted by Crippen LogP contribution is -2.11. The molecule has 1 aromatic carbocycles. The van der Waals surface area contributed by atoms with Crippen molar-refractivity contribution in [3.8, 4) is 11.3 Å². The highest BCUT2D eigenvalue weighted by molar-refractivity contribution is 6.42. The maximum atomic E-state index is 5.98. The van der Waals surface area contributed by atoms with E-state index in [1.165, 1.54) is 0 Å². The average molecular weight is 271 g/mol. The molecule has 0 fully saturated rings. The zero-order valence-corrected chi connectivity index (χ0v) is 10.8. The fourth-order valence-electron chi connectivity index (χ4n) is 1.52. The summed E-state index contributed by atoms with van der Waals surface area (Å²) in [6.07, 6.45) is 1.71. The Hall–Kier alpha value is -1.03. The molecule has 0 amide bonds. The maximum absolute atomic E-state index is 5.98. The van der Waals surface area contributed by atoms with Gasteiger partial charge < -0.3 is 9.84 Å². The predicted octanol–water partition coefficient (Wildman–Crippen LogP) is 3.76. The van der Waals surface area contributed by atoms with Crippen molar-refractivity contribution in [2.24, 2.45) is 0 Å². The first-order chi connectivity index (χ1) is 8.22. The summed E-state index contributed by atoms with van der Waals surface area (Å²) >= 11 is 11.9. The van der Waals surface area contributed by atoms with Crippen molar-refractivity contribution in [2.75, 3.05) is 6.54 Å². The van der Waals surface area contributed by atoms with E-state index >= 15 is 0 Å². The van der Waals surface area contributed by atoms with Gasteiger partial charge in [0.2, 0.25) is 0 Å². The molecule has 1 aromatic heterocycles. The highest BCUT2D eigenvalue weighted by Crippen LogP contribution is 2.30. The molecule has 0 radical (unpaired) electrons. The van der Waals surface area contributed by atoms with Gasteiger partial charge in [-0.25, -0.2) is 0 Å². The van der Waals surface area contributed by atoms with Crippen LogP contribution >= 0.6 is 23.2 Å². The van der Waals surface area contributed by atoms with Crippen LogP contribution in [0.3, 0.4) is 0 Å². The first kappa shape index (κ1) is 12.4. The normalized spacial score (nSPS) is 10.8. The van der Waals surface area contributed by atoms with Crippen molar-refractivity contribution in [1.29, 1.82) is 0 Å². The summed E-state index contributed by atoms with van der Waals surface area (Å²) in [5.41, 5.74) is 1.88. The lowest BCUT2D eigenvalue weighted by molar-refractivity contribution is 0.431. The highest BCUT2D eigenvalue weighted by atomic mass is 35.5. The molecule has 1 heterocycles. The largest absolute Gasteiger partial charge is 0.356 e. The SMILES string of the molecule is CCNCc1cnoc1-c1ccc(Cl)c(Cl)c1. The van der Waals surface area contributed by atoms with Crippen LogP contribution in [0.4, 0.5) is 0 Å². The molecular weight excluding hydrogens is 259 g/mol. The van der Waals surface area contributed by atoms with E-state index in [0.717, 1.165) is 30.0 Å². The molecule has 0 atom stereocenters. The van der Waals surface area contributed by atoms with Gasteiger partial charge in [0, 0.05) is 17.7 Å². The Morgan fingerprint density at radius 3 is 2.82 bits per heavy atom. The molecule has 0 saturated carbocycles. The number of benzene rings is 1. The summed E-state index contributed by atoms with van der Waals surface area (Å²) in [5.74, 6) is 0.726. The molecule has 0 unspecified atom stereocenters. The van der Waals surface area contributed by atoms with Gasteiger partial charge in [-0.1, -0.05) is 35.3 Å². The Balaban J connectivity index is 2.32. The number of hydrogen-bond donors (Lipinski definition) is 1. The monoisotopic (exact) mass is 270 g/mol. The van der Waals surface area contributed by atoms with Crippen LogP contribution in [0.2, 0.25) is 10.0 Å². The third-order valence-corrected chi connectivity index (χ3v) is 3.13. The second kappa shape index (κ2) is 5.54. The van der Waals surface area contributed by atoms with Gasteiger partial charge in [-0.15, -0.1) is 0 Å². The summed E-state index contributed by atoms with van der Waals surface area (Å²) in [4.78, 5) is 0. The Bertz CT molecular complexity index is 511. The van der Waals surface area contributed by atoms with Crippen molar-refractivity contribution in [3.05, 3.63) is 40.0 Å². The van der Waals surface area contributed by atoms with Gasteiger partial charge in [-0.3, -0.25) is 0 Å². The summed E-state index contributed by atoms with van der Waals surface area (Å²) in [6, 6.07) is 5.39. The molecule has 0 aliphatic heterocycles. The Kier molecular flexibility index (Phi) is 4.05. The quantitative estimate of drug-likeness (QED) is 0.920. The lowest BCUT2D eigenvalue weighted by Gasteiger charge is -2.03. The molecule has 0 aliphatic rings. The van der Waals surface area contributed by atoms with Crippen LogP contribution in [-0.2, 0) is 6.54 Å². The Morgan fingerprint density at radius 2 is 2.12 bits per heavy atom. The molecule has 1 N–H and O–H groups in total. The van der Waals surface area contributed by atoms with Crippen molar-refractivity contribution >= 4 is 23.2 Å². The minimum absolute atomic E-state index is 0.509. The van der Waals surface area contributed by atoms with E-state index in [4.69, 9.17) is 27.7 Å². The van der Waals surface area contributed by atoms with E-state index in [1.807, 2.05) is 13.0 Å². The Morgan fingerprint density at radius 1 is 1.29 bits per heavy atom. The van der Waals surface area contributed by atoms with Gasteiger partial charge in [0.15, 0.2) is 5.76 Å². The Labute approximate surface area is 110 Å². The zero-order valence-electron chi connectivity index (χ0n) is 9.34. The van der Waals surface area contributed by atoms with Crippen LogP contribution in [-0.4, -0.2) is 11.7 Å². The first-order valence-corrected chi connectivity index (χ1v) is 6.07. The second-order valence-electron chi connectivity index (χ2n) is 3.59. The van der Waals surface area contributed by atoms with E-state index in [0.29, 0.717) is 10.0 Å². The number of nitrogens with one attached hydrogen (secondary N) is 1. The molecule has 90 valence electrons. The minimum atomic E-state index is 0.509. The number of nitrogens with zero attached hydrogens (tertiary/aromatic N) is 1. The fraction of sp³-hybridized carbons (Fsp3) is 0.250. The molecule has 0 aliphatic carbocycles. The van der Waals surface area contributed by atoms with Crippen LogP contribution in [0.5, 0.6) is 0 Å². The van der Waals surface area contributed by atoms with Crippen molar-refractivity contribution in [1.82, 2.24) is 10.5 Å². The van der Waals surface area contributed by atoms with E-state index in [-0.39, 0.29) is 0 Å². The molecule has 5 heteroatoms. The summed E-state index contributed by atoms with van der Waals surface area (Å²) in [5, 5.41) is 8.08. The van der Waals surface area contributed by atoms with Crippen molar-refractivity contribution in [2.45, 2.75) is 13.5 Å². The first-order valence-electron chi connectivity index (χ1n) is 5.32. The number of halogens is 2. The standard InChI is InChI=1S/C12H12Cl2N2O/c1-2-15-6-9-7-16-17-12(9)8-3-4-10(13)11(14)5-8/h3-5,7,15H,2,6H2,1H3. The van der Waals surface area contributed by atoms with Crippen LogP contribution < -0.4 is 5.32 Å². The molecule has 2 aromatic rings. The van der Waals surface area contributed by atoms with Crippen molar-refractivity contribution in [3.63, 3.8) is 0 Å². The van der Waals surface area contributed by atoms with Gasteiger partial charge in [0.05, 0.1) is 16.2 Å².